The van der Waals surface area contributed by atoms with E-state index in [2.05, 4.69) is 0 Å². The van der Waals surface area contributed by atoms with Crippen molar-refractivity contribution >= 4 is 5.97 Å². The third kappa shape index (κ3) is 5.75. The van der Waals surface area contributed by atoms with Crippen molar-refractivity contribution in [2.75, 3.05) is 19.8 Å². The van der Waals surface area contributed by atoms with Crippen LogP contribution in [-0.4, -0.2) is 58.4 Å². The first-order valence-corrected chi connectivity index (χ1v) is 6.83. The quantitative estimate of drug-likeness (QED) is 0.448. The minimum Gasteiger partial charge on any atom is -0.465 e. The fraction of sp³-hybridized carbons (Fsp3) is 0.929. The molecule has 2 unspecified atom stereocenters. The SMILES string of the molecule is CC(C)(CO)COC(=O)C(C)(C)C(O)C(O)CCCO. The maximum Gasteiger partial charge on any atom is 0.314 e. The highest BCUT2D eigenvalue weighted by Gasteiger charge is 2.41. The summed E-state index contributed by atoms with van der Waals surface area (Å²) in [7, 11) is 0. The van der Waals surface area contributed by atoms with Crippen LogP contribution in [0.15, 0.2) is 0 Å². The first-order chi connectivity index (χ1) is 9.08. The largest absolute Gasteiger partial charge is 0.465 e. The molecular weight excluding hydrogens is 264 g/mol. The topological polar surface area (TPSA) is 107 Å². The maximum atomic E-state index is 12.0. The summed E-state index contributed by atoms with van der Waals surface area (Å²) in [5.74, 6) is -0.630. The number of aliphatic hydroxyl groups is 4. The molecule has 0 bridgehead atoms. The fourth-order valence-electron chi connectivity index (χ4n) is 1.55. The van der Waals surface area contributed by atoms with E-state index in [-0.39, 0.29) is 26.2 Å². The van der Waals surface area contributed by atoms with Crippen molar-refractivity contribution in [2.45, 2.75) is 52.7 Å². The average molecular weight is 292 g/mol. The fourth-order valence-corrected chi connectivity index (χ4v) is 1.55. The standard InChI is InChI=1S/C14H28O6/c1-13(2,8-16)9-20-12(19)14(3,4)11(18)10(17)6-5-7-15/h10-11,15-18H,5-9H2,1-4H3. The van der Waals surface area contributed by atoms with E-state index in [0.717, 1.165) is 0 Å². The number of hydrogen-bond donors (Lipinski definition) is 4. The third-order valence-electron chi connectivity index (χ3n) is 3.31. The van der Waals surface area contributed by atoms with Gasteiger partial charge in [0, 0.05) is 12.0 Å². The van der Waals surface area contributed by atoms with Gasteiger partial charge in [-0.05, 0) is 26.7 Å². The van der Waals surface area contributed by atoms with Gasteiger partial charge in [-0.15, -0.1) is 0 Å². The summed E-state index contributed by atoms with van der Waals surface area (Å²) in [4.78, 5) is 12.0. The van der Waals surface area contributed by atoms with Gasteiger partial charge in [0.1, 0.15) is 0 Å². The van der Waals surface area contributed by atoms with Crippen LogP contribution in [0.5, 0.6) is 0 Å². The van der Waals surface area contributed by atoms with Crippen molar-refractivity contribution < 1.29 is 30.0 Å². The number of ether oxygens (including phenoxy) is 1. The van der Waals surface area contributed by atoms with Gasteiger partial charge in [0.2, 0.25) is 0 Å². The highest BCUT2D eigenvalue weighted by molar-refractivity contribution is 5.76. The molecule has 0 aromatic carbocycles. The van der Waals surface area contributed by atoms with Crippen LogP contribution >= 0.6 is 0 Å². The molecule has 0 aliphatic rings. The molecule has 0 spiro atoms. The predicted octanol–water partition coefficient (Wildman–Crippen LogP) is 0.0686. The van der Waals surface area contributed by atoms with Gasteiger partial charge in [-0.25, -0.2) is 0 Å². The molecule has 0 aliphatic heterocycles. The molecule has 20 heavy (non-hydrogen) atoms. The predicted molar refractivity (Wildman–Crippen MR) is 73.9 cm³/mol. The molecule has 0 radical (unpaired) electrons. The Bertz CT molecular complexity index is 300. The Kier molecular flexibility index (Phi) is 7.65. The molecule has 120 valence electrons. The van der Waals surface area contributed by atoms with Gasteiger partial charge in [-0.1, -0.05) is 13.8 Å². The van der Waals surface area contributed by atoms with Gasteiger partial charge < -0.3 is 25.2 Å². The van der Waals surface area contributed by atoms with Gasteiger partial charge in [0.15, 0.2) is 0 Å². The second-order valence-electron chi connectivity index (χ2n) is 6.50. The average Bonchev–Trinajstić information content (AvgIpc) is 2.41. The lowest BCUT2D eigenvalue weighted by Gasteiger charge is -2.32. The summed E-state index contributed by atoms with van der Waals surface area (Å²) in [6, 6.07) is 0. The monoisotopic (exact) mass is 292 g/mol. The lowest BCUT2D eigenvalue weighted by atomic mass is 9.82. The van der Waals surface area contributed by atoms with Crippen molar-refractivity contribution in [1.29, 1.82) is 0 Å². The molecule has 6 heteroatoms. The number of carbonyl (C=O) groups is 1. The second-order valence-corrected chi connectivity index (χ2v) is 6.50. The van der Waals surface area contributed by atoms with Crippen LogP contribution < -0.4 is 0 Å². The number of rotatable bonds is 9. The summed E-state index contributed by atoms with van der Waals surface area (Å²) in [6.07, 6.45) is -1.83. The van der Waals surface area contributed by atoms with Crippen molar-refractivity contribution in [3.05, 3.63) is 0 Å². The van der Waals surface area contributed by atoms with Crippen LogP contribution in [0, 0.1) is 10.8 Å². The molecule has 4 N–H and O–H groups in total. The van der Waals surface area contributed by atoms with E-state index in [1.54, 1.807) is 13.8 Å². The molecule has 0 saturated heterocycles. The molecule has 0 amide bonds. The molecule has 0 aliphatic carbocycles. The molecule has 0 heterocycles. The number of aliphatic hydroxyl groups excluding tert-OH is 4. The van der Waals surface area contributed by atoms with E-state index < -0.39 is 29.0 Å². The summed E-state index contributed by atoms with van der Waals surface area (Å²) < 4.78 is 5.12. The smallest absolute Gasteiger partial charge is 0.314 e. The Morgan fingerprint density at radius 2 is 1.70 bits per heavy atom. The Hall–Kier alpha value is -0.690. The zero-order valence-corrected chi connectivity index (χ0v) is 12.8. The van der Waals surface area contributed by atoms with E-state index in [9.17, 15) is 15.0 Å². The van der Waals surface area contributed by atoms with Gasteiger partial charge in [0.25, 0.3) is 0 Å². The van der Waals surface area contributed by atoms with Crippen molar-refractivity contribution in [2.24, 2.45) is 10.8 Å². The Balaban J connectivity index is 4.56. The third-order valence-corrected chi connectivity index (χ3v) is 3.31. The highest BCUT2D eigenvalue weighted by atomic mass is 16.5. The minimum absolute atomic E-state index is 0.0330. The Morgan fingerprint density at radius 3 is 2.15 bits per heavy atom. The van der Waals surface area contributed by atoms with Crippen LogP contribution in [0.4, 0.5) is 0 Å². The summed E-state index contributed by atoms with van der Waals surface area (Å²) in [6.45, 7) is 6.31. The van der Waals surface area contributed by atoms with Gasteiger partial charge >= 0.3 is 5.97 Å². The molecule has 0 rings (SSSR count). The molecule has 2 atom stereocenters. The Morgan fingerprint density at radius 1 is 1.15 bits per heavy atom. The molecule has 0 saturated carbocycles. The van der Waals surface area contributed by atoms with E-state index in [1.165, 1.54) is 13.8 Å². The molecule has 0 aromatic rings. The highest BCUT2D eigenvalue weighted by Crippen LogP contribution is 2.27. The lowest BCUT2D eigenvalue weighted by molar-refractivity contribution is -0.169. The van der Waals surface area contributed by atoms with E-state index in [0.29, 0.717) is 6.42 Å². The first-order valence-electron chi connectivity index (χ1n) is 6.83. The van der Waals surface area contributed by atoms with Crippen molar-refractivity contribution in [3.8, 4) is 0 Å². The van der Waals surface area contributed by atoms with E-state index >= 15 is 0 Å². The van der Waals surface area contributed by atoms with Crippen molar-refractivity contribution in [1.82, 2.24) is 0 Å². The minimum atomic E-state index is -1.28. The molecule has 6 nitrogen and oxygen atoms in total. The number of carbonyl (C=O) groups excluding carboxylic acids is 1. The van der Waals surface area contributed by atoms with Crippen LogP contribution in [0.2, 0.25) is 0 Å². The zero-order valence-electron chi connectivity index (χ0n) is 12.8. The van der Waals surface area contributed by atoms with E-state index in [4.69, 9.17) is 14.9 Å². The molecule has 0 fully saturated rings. The normalized spacial score (nSPS) is 15.8. The van der Waals surface area contributed by atoms with Crippen LogP contribution in [-0.2, 0) is 9.53 Å². The summed E-state index contributed by atoms with van der Waals surface area (Å²) in [5, 5.41) is 37.6. The van der Waals surface area contributed by atoms with Crippen LogP contribution in [0.1, 0.15) is 40.5 Å². The number of hydrogen-bond acceptors (Lipinski definition) is 6. The summed E-state index contributed by atoms with van der Waals surface area (Å²) in [5.41, 5.74) is -1.81. The van der Waals surface area contributed by atoms with Gasteiger partial charge in [-0.2, -0.15) is 0 Å². The van der Waals surface area contributed by atoms with Crippen LogP contribution in [0.3, 0.4) is 0 Å². The van der Waals surface area contributed by atoms with Crippen molar-refractivity contribution in [3.63, 3.8) is 0 Å². The molecule has 0 aromatic heterocycles. The van der Waals surface area contributed by atoms with Gasteiger partial charge in [0.05, 0.1) is 30.8 Å². The molecular formula is C14H28O6. The Labute approximate surface area is 120 Å². The second kappa shape index (κ2) is 7.93. The first kappa shape index (κ1) is 19.3. The van der Waals surface area contributed by atoms with Crippen LogP contribution in [0.25, 0.3) is 0 Å². The zero-order chi connectivity index (χ0) is 16.0. The maximum absolute atomic E-state index is 12.0. The summed E-state index contributed by atoms with van der Waals surface area (Å²) >= 11 is 0. The number of esters is 1. The van der Waals surface area contributed by atoms with Gasteiger partial charge in [-0.3, -0.25) is 4.79 Å². The lowest BCUT2D eigenvalue weighted by Crippen LogP contribution is -2.46. The van der Waals surface area contributed by atoms with E-state index in [1.807, 2.05) is 0 Å².